The van der Waals surface area contributed by atoms with Crippen LogP contribution in [0.3, 0.4) is 0 Å². The number of benzene rings is 1. The molecule has 4 heteroatoms. The maximum Gasteiger partial charge on any atom is 0.269 e. The van der Waals surface area contributed by atoms with Gasteiger partial charge in [0.1, 0.15) is 0 Å². The van der Waals surface area contributed by atoms with Crippen LogP contribution < -0.4 is 5.73 Å². The minimum absolute atomic E-state index is 0.150. The molecule has 4 nitrogen and oxygen atoms in total. The van der Waals surface area contributed by atoms with Crippen molar-refractivity contribution in [3.05, 3.63) is 39.9 Å². The lowest BCUT2D eigenvalue weighted by Crippen LogP contribution is -2.03. The van der Waals surface area contributed by atoms with E-state index in [4.69, 9.17) is 5.73 Å². The number of hydrogen-bond acceptors (Lipinski definition) is 3. The molecule has 0 aromatic heterocycles. The van der Waals surface area contributed by atoms with Crippen LogP contribution in [0.5, 0.6) is 0 Å². The van der Waals surface area contributed by atoms with E-state index in [0.29, 0.717) is 12.5 Å². The van der Waals surface area contributed by atoms with Gasteiger partial charge in [0, 0.05) is 12.1 Å². The van der Waals surface area contributed by atoms with Gasteiger partial charge in [-0.1, -0.05) is 19.1 Å². The number of nitro benzene ring substituents is 1. The highest BCUT2D eigenvalue weighted by atomic mass is 16.6. The molecule has 0 radical (unpaired) electrons. The third-order valence-corrected chi connectivity index (χ3v) is 2.82. The molecule has 0 saturated carbocycles. The zero-order valence-electron chi connectivity index (χ0n) is 9.56. The Kier molecular flexibility index (Phi) is 4.92. The standard InChI is InChI=1S/C12H18N2O2/c1-2-10(4-3-9-13)11-5-7-12(8-6-11)14(15)16/h5-8,10H,2-4,9,13H2,1H3. The summed E-state index contributed by atoms with van der Waals surface area (Å²) in [5.74, 6) is 0.462. The number of hydrogen-bond donors (Lipinski definition) is 1. The van der Waals surface area contributed by atoms with Crippen molar-refractivity contribution in [1.29, 1.82) is 0 Å². The Morgan fingerprint density at radius 2 is 2.00 bits per heavy atom. The summed E-state index contributed by atoms with van der Waals surface area (Å²) < 4.78 is 0. The number of nitrogens with zero attached hydrogens (tertiary/aromatic N) is 1. The molecule has 0 amide bonds. The summed E-state index contributed by atoms with van der Waals surface area (Å²) >= 11 is 0. The Morgan fingerprint density at radius 1 is 1.38 bits per heavy atom. The highest BCUT2D eigenvalue weighted by molar-refractivity contribution is 5.34. The molecule has 16 heavy (non-hydrogen) atoms. The first-order valence-corrected chi connectivity index (χ1v) is 5.63. The second-order valence-corrected chi connectivity index (χ2v) is 3.88. The van der Waals surface area contributed by atoms with E-state index in [1.807, 2.05) is 12.1 Å². The van der Waals surface area contributed by atoms with Gasteiger partial charge < -0.3 is 5.73 Å². The van der Waals surface area contributed by atoms with Crippen molar-refractivity contribution in [2.24, 2.45) is 5.73 Å². The topological polar surface area (TPSA) is 69.2 Å². The average Bonchev–Trinajstić information content (AvgIpc) is 2.30. The van der Waals surface area contributed by atoms with Crippen LogP contribution in [0.25, 0.3) is 0 Å². The molecular weight excluding hydrogens is 204 g/mol. The molecular formula is C12H18N2O2. The molecule has 0 spiro atoms. The summed E-state index contributed by atoms with van der Waals surface area (Å²) in [7, 11) is 0. The summed E-state index contributed by atoms with van der Waals surface area (Å²) in [6.07, 6.45) is 3.08. The van der Waals surface area contributed by atoms with E-state index in [0.717, 1.165) is 19.3 Å². The lowest BCUT2D eigenvalue weighted by Gasteiger charge is -2.14. The Hall–Kier alpha value is -1.42. The first-order valence-electron chi connectivity index (χ1n) is 5.63. The van der Waals surface area contributed by atoms with E-state index in [1.165, 1.54) is 5.56 Å². The van der Waals surface area contributed by atoms with Gasteiger partial charge in [0.25, 0.3) is 5.69 Å². The predicted molar refractivity (Wildman–Crippen MR) is 64.4 cm³/mol. The highest BCUT2D eigenvalue weighted by Gasteiger charge is 2.11. The van der Waals surface area contributed by atoms with Gasteiger partial charge in [-0.15, -0.1) is 0 Å². The second kappa shape index (κ2) is 6.23. The van der Waals surface area contributed by atoms with E-state index in [-0.39, 0.29) is 10.6 Å². The van der Waals surface area contributed by atoms with Crippen molar-refractivity contribution in [2.45, 2.75) is 32.1 Å². The minimum atomic E-state index is -0.370. The van der Waals surface area contributed by atoms with Crippen LogP contribution in [-0.2, 0) is 0 Å². The van der Waals surface area contributed by atoms with Crippen LogP contribution >= 0.6 is 0 Å². The van der Waals surface area contributed by atoms with Gasteiger partial charge in [-0.25, -0.2) is 0 Å². The quantitative estimate of drug-likeness (QED) is 0.594. The van der Waals surface area contributed by atoms with Gasteiger partial charge in [0.15, 0.2) is 0 Å². The van der Waals surface area contributed by atoms with Crippen molar-refractivity contribution >= 4 is 5.69 Å². The Bertz CT molecular complexity index is 335. The number of nitro groups is 1. The van der Waals surface area contributed by atoms with Crippen molar-refractivity contribution in [1.82, 2.24) is 0 Å². The maximum atomic E-state index is 10.5. The second-order valence-electron chi connectivity index (χ2n) is 3.88. The monoisotopic (exact) mass is 222 g/mol. The van der Waals surface area contributed by atoms with Crippen LogP contribution in [0.15, 0.2) is 24.3 Å². The fourth-order valence-corrected chi connectivity index (χ4v) is 1.84. The van der Waals surface area contributed by atoms with Gasteiger partial charge in [-0.2, -0.15) is 0 Å². The van der Waals surface area contributed by atoms with Crippen LogP contribution in [-0.4, -0.2) is 11.5 Å². The Balaban J connectivity index is 2.74. The summed E-state index contributed by atoms with van der Waals surface area (Å²) in [5.41, 5.74) is 6.80. The lowest BCUT2D eigenvalue weighted by atomic mass is 9.92. The van der Waals surface area contributed by atoms with Crippen molar-refractivity contribution in [3.8, 4) is 0 Å². The molecule has 0 fully saturated rings. The Labute approximate surface area is 95.6 Å². The molecule has 0 aliphatic carbocycles. The van der Waals surface area contributed by atoms with E-state index in [1.54, 1.807) is 12.1 Å². The van der Waals surface area contributed by atoms with Crippen molar-refractivity contribution in [3.63, 3.8) is 0 Å². The van der Waals surface area contributed by atoms with E-state index in [2.05, 4.69) is 6.92 Å². The van der Waals surface area contributed by atoms with Gasteiger partial charge >= 0.3 is 0 Å². The number of non-ortho nitro benzene ring substituents is 1. The molecule has 1 aromatic rings. The Morgan fingerprint density at radius 3 is 2.44 bits per heavy atom. The van der Waals surface area contributed by atoms with E-state index >= 15 is 0 Å². The average molecular weight is 222 g/mol. The molecule has 0 aliphatic heterocycles. The van der Waals surface area contributed by atoms with Crippen LogP contribution in [0.1, 0.15) is 37.7 Å². The summed E-state index contributed by atoms with van der Waals surface area (Å²) in [5, 5.41) is 10.5. The van der Waals surface area contributed by atoms with Crippen LogP contribution in [0, 0.1) is 10.1 Å². The largest absolute Gasteiger partial charge is 0.330 e. The summed E-state index contributed by atoms with van der Waals surface area (Å²) in [6.45, 7) is 2.83. The predicted octanol–water partition coefficient (Wildman–Crippen LogP) is 2.83. The van der Waals surface area contributed by atoms with E-state index < -0.39 is 0 Å². The van der Waals surface area contributed by atoms with Gasteiger partial charge in [-0.05, 0) is 37.3 Å². The molecule has 1 rings (SSSR count). The summed E-state index contributed by atoms with van der Waals surface area (Å²) in [4.78, 5) is 10.1. The van der Waals surface area contributed by atoms with Crippen LogP contribution in [0.4, 0.5) is 5.69 Å². The molecule has 1 aromatic carbocycles. The molecule has 1 atom stereocenters. The van der Waals surface area contributed by atoms with Gasteiger partial charge in [-0.3, -0.25) is 10.1 Å². The normalized spacial score (nSPS) is 12.4. The zero-order chi connectivity index (χ0) is 12.0. The molecule has 88 valence electrons. The molecule has 0 bridgehead atoms. The van der Waals surface area contributed by atoms with Gasteiger partial charge in [0.2, 0.25) is 0 Å². The maximum absolute atomic E-state index is 10.5. The molecule has 2 N–H and O–H groups in total. The number of rotatable bonds is 6. The van der Waals surface area contributed by atoms with Crippen molar-refractivity contribution in [2.75, 3.05) is 6.54 Å². The molecule has 0 heterocycles. The number of nitrogens with two attached hydrogens (primary N) is 1. The first kappa shape index (κ1) is 12.6. The summed E-state index contributed by atoms with van der Waals surface area (Å²) in [6, 6.07) is 6.84. The lowest BCUT2D eigenvalue weighted by molar-refractivity contribution is -0.384. The van der Waals surface area contributed by atoms with Crippen LogP contribution in [0.2, 0.25) is 0 Å². The van der Waals surface area contributed by atoms with Gasteiger partial charge in [0.05, 0.1) is 4.92 Å². The molecule has 1 unspecified atom stereocenters. The first-order chi connectivity index (χ1) is 7.69. The molecule has 0 saturated heterocycles. The SMILES string of the molecule is CCC(CCCN)c1ccc([N+](=O)[O-])cc1. The smallest absolute Gasteiger partial charge is 0.269 e. The fourth-order valence-electron chi connectivity index (χ4n) is 1.84. The minimum Gasteiger partial charge on any atom is -0.330 e. The fraction of sp³-hybridized carbons (Fsp3) is 0.500. The third kappa shape index (κ3) is 3.31. The molecule has 0 aliphatic rings. The van der Waals surface area contributed by atoms with E-state index in [9.17, 15) is 10.1 Å². The highest BCUT2D eigenvalue weighted by Crippen LogP contribution is 2.26. The van der Waals surface area contributed by atoms with Crippen molar-refractivity contribution < 1.29 is 4.92 Å². The third-order valence-electron chi connectivity index (χ3n) is 2.82. The zero-order valence-corrected chi connectivity index (χ0v) is 9.56.